The Bertz CT molecular complexity index is 826. The number of nitrogens with two attached hydrogens (primary N) is 1. The zero-order valence-corrected chi connectivity index (χ0v) is 16.2. The van der Waals surface area contributed by atoms with E-state index < -0.39 is 5.91 Å². The Morgan fingerprint density at radius 3 is 2.32 bits per heavy atom. The number of methoxy groups -OCH3 is 2. The van der Waals surface area contributed by atoms with E-state index in [2.05, 4.69) is 5.32 Å². The molecule has 9 heteroatoms. The minimum absolute atomic E-state index is 0.125. The fourth-order valence-electron chi connectivity index (χ4n) is 2.24. The van der Waals surface area contributed by atoms with Crippen LogP contribution in [0.5, 0.6) is 23.0 Å². The van der Waals surface area contributed by atoms with Gasteiger partial charge in [0.25, 0.3) is 11.8 Å². The quantitative estimate of drug-likeness (QED) is 0.582. The lowest BCUT2D eigenvalue weighted by molar-refractivity contribution is -0.119. The van der Waals surface area contributed by atoms with Crippen LogP contribution in [0.2, 0.25) is 5.02 Å². The van der Waals surface area contributed by atoms with Gasteiger partial charge in [0, 0.05) is 5.56 Å². The number of primary amides is 1. The summed E-state index contributed by atoms with van der Waals surface area (Å²) in [7, 11) is 2.98. The van der Waals surface area contributed by atoms with Crippen molar-refractivity contribution in [3.8, 4) is 23.0 Å². The van der Waals surface area contributed by atoms with Crippen LogP contribution in [-0.4, -0.2) is 45.8 Å². The van der Waals surface area contributed by atoms with E-state index in [1.54, 1.807) is 31.4 Å². The summed E-state index contributed by atoms with van der Waals surface area (Å²) in [5.74, 6) is 0.734. The van der Waals surface area contributed by atoms with Gasteiger partial charge in [-0.1, -0.05) is 11.6 Å². The topological polar surface area (TPSA) is 109 Å². The fourth-order valence-corrected chi connectivity index (χ4v) is 2.51. The number of ether oxygens (including phenoxy) is 4. The van der Waals surface area contributed by atoms with Gasteiger partial charge in [-0.3, -0.25) is 9.59 Å². The van der Waals surface area contributed by atoms with Crippen LogP contribution < -0.4 is 30.0 Å². The van der Waals surface area contributed by atoms with Crippen LogP contribution in [-0.2, 0) is 4.79 Å². The van der Waals surface area contributed by atoms with Gasteiger partial charge in [-0.05, 0) is 36.4 Å². The molecule has 0 unspecified atom stereocenters. The van der Waals surface area contributed by atoms with Crippen molar-refractivity contribution >= 4 is 23.4 Å². The summed E-state index contributed by atoms with van der Waals surface area (Å²) in [5, 5.41) is 2.85. The van der Waals surface area contributed by atoms with Crippen LogP contribution in [0.3, 0.4) is 0 Å². The molecule has 0 aliphatic carbocycles. The average Bonchev–Trinajstić information content (AvgIpc) is 2.69. The van der Waals surface area contributed by atoms with E-state index in [1.165, 1.54) is 19.2 Å². The highest BCUT2D eigenvalue weighted by Gasteiger charge is 2.16. The van der Waals surface area contributed by atoms with Gasteiger partial charge in [0.2, 0.25) is 0 Å². The van der Waals surface area contributed by atoms with Crippen LogP contribution in [0, 0.1) is 0 Å². The highest BCUT2D eigenvalue weighted by Crippen LogP contribution is 2.36. The number of benzene rings is 2. The van der Waals surface area contributed by atoms with E-state index in [0.29, 0.717) is 5.75 Å². The SMILES string of the molecule is COc1ccc(OCCNC(=O)c2cc(Cl)c(OCC(N)=O)c(OC)c2)cc1. The number of hydrogen-bond acceptors (Lipinski definition) is 6. The second-order valence-electron chi connectivity index (χ2n) is 5.52. The summed E-state index contributed by atoms with van der Waals surface area (Å²) >= 11 is 6.13. The van der Waals surface area contributed by atoms with E-state index in [0.717, 1.165) is 5.75 Å². The van der Waals surface area contributed by atoms with Gasteiger partial charge in [0.1, 0.15) is 18.1 Å². The molecule has 0 saturated heterocycles. The zero-order chi connectivity index (χ0) is 20.5. The van der Waals surface area contributed by atoms with E-state index >= 15 is 0 Å². The molecule has 0 heterocycles. The van der Waals surface area contributed by atoms with Crippen molar-refractivity contribution in [2.75, 3.05) is 34.0 Å². The number of carbonyl (C=O) groups is 2. The van der Waals surface area contributed by atoms with Gasteiger partial charge in [-0.25, -0.2) is 0 Å². The van der Waals surface area contributed by atoms with Gasteiger partial charge in [-0.2, -0.15) is 0 Å². The van der Waals surface area contributed by atoms with Crippen molar-refractivity contribution in [2.24, 2.45) is 5.73 Å². The largest absolute Gasteiger partial charge is 0.497 e. The van der Waals surface area contributed by atoms with Crippen LogP contribution in [0.15, 0.2) is 36.4 Å². The van der Waals surface area contributed by atoms with E-state index in [4.69, 9.17) is 36.3 Å². The molecule has 0 aromatic heterocycles. The molecule has 0 spiro atoms. The maximum Gasteiger partial charge on any atom is 0.255 e. The first kappa shape index (κ1) is 21.2. The van der Waals surface area contributed by atoms with Crippen LogP contribution >= 0.6 is 11.6 Å². The first-order chi connectivity index (χ1) is 13.4. The van der Waals surface area contributed by atoms with Gasteiger partial charge >= 0.3 is 0 Å². The molecule has 8 nitrogen and oxygen atoms in total. The molecular formula is C19H21ClN2O6. The zero-order valence-electron chi connectivity index (χ0n) is 15.5. The van der Waals surface area contributed by atoms with Gasteiger partial charge in [0.15, 0.2) is 18.1 Å². The first-order valence-electron chi connectivity index (χ1n) is 8.28. The monoisotopic (exact) mass is 408 g/mol. The summed E-state index contributed by atoms with van der Waals surface area (Å²) in [6.07, 6.45) is 0. The lowest BCUT2D eigenvalue weighted by atomic mass is 10.2. The average molecular weight is 409 g/mol. The summed E-state index contributed by atoms with van der Waals surface area (Å²) in [6.45, 7) is 0.206. The third-order valence-electron chi connectivity index (χ3n) is 3.57. The van der Waals surface area contributed by atoms with E-state index in [1.807, 2.05) is 0 Å². The van der Waals surface area contributed by atoms with E-state index in [9.17, 15) is 9.59 Å². The molecule has 2 aromatic carbocycles. The lowest BCUT2D eigenvalue weighted by Gasteiger charge is -2.13. The summed E-state index contributed by atoms with van der Waals surface area (Å²) in [6, 6.07) is 9.99. The van der Waals surface area contributed by atoms with Crippen molar-refractivity contribution < 1.29 is 28.5 Å². The van der Waals surface area contributed by atoms with Crippen molar-refractivity contribution in [2.45, 2.75) is 0 Å². The predicted molar refractivity (Wildman–Crippen MR) is 104 cm³/mol. The molecule has 0 saturated carbocycles. The van der Waals surface area contributed by atoms with Crippen molar-refractivity contribution in [1.82, 2.24) is 5.32 Å². The maximum absolute atomic E-state index is 12.3. The molecule has 2 rings (SSSR count). The predicted octanol–water partition coefficient (Wildman–Crippen LogP) is 2.03. The summed E-state index contributed by atoms with van der Waals surface area (Å²) in [4.78, 5) is 23.2. The number of halogens is 1. The molecule has 0 bridgehead atoms. The third-order valence-corrected chi connectivity index (χ3v) is 3.85. The maximum atomic E-state index is 12.3. The number of amides is 2. The van der Waals surface area contributed by atoms with Crippen molar-refractivity contribution in [3.05, 3.63) is 47.0 Å². The Morgan fingerprint density at radius 2 is 1.71 bits per heavy atom. The Kier molecular flexibility index (Phi) is 7.76. The van der Waals surface area contributed by atoms with Crippen molar-refractivity contribution in [3.63, 3.8) is 0 Å². The van der Waals surface area contributed by atoms with Crippen LogP contribution in [0.1, 0.15) is 10.4 Å². The summed E-state index contributed by atoms with van der Waals surface area (Å²) < 4.78 is 21.0. The minimum Gasteiger partial charge on any atom is -0.497 e. The smallest absolute Gasteiger partial charge is 0.255 e. The highest BCUT2D eigenvalue weighted by molar-refractivity contribution is 6.32. The number of carbonyl (C=O) groups excluding carboxylic acids is 2. The third kappa shape index (κ3) is 5.95. The minimum atomic E-state index is -0.656. The van der Waals surface area contributed by atoms with Gasteiger partial charge < -0.3 is 30.0 Å². The molecule has 0 aliphatic heterocycles. The molecule has 0 fully saturated rings. The lowest BCUT2D eigenvalue weighted by Crippen LogP contribution is -2.28. The molecule has 0 atom stereocenters. The Balaban J connectivity index is 1.92. The highest BCUT2D eigenvalue weighted by atomic mass is 35.5. The number of hydrogen-bond donors (Lipinski definition) is 2. The fraction of sp³-hybridized carbons (Fsp3) is 0.263. The molecule has 2 amide bonds. The molecule has 0 radical (unpaired) electrons. The number of rotatable bonds is 10. The number of nitrogens with one attached hydrogen (secondary N) is 1. The van der Waals surface area contributed by atoms with Crippen LogP contribution in [0.4, 0.5) is 0 Å². The Labute approximate surface area is 167 Å². The summed E-state index contributed by atoms with van der Waals surface area (Å²) in [5.41, 5.74) is 5.33. The molecular weight excluding hydrogens is 388 g/mol. The first-order valence-corrected chi connectivity index (χ1v) is 8.66. The molecule has 28 heavy (non-hydrogen) atoms. The van der Waals surface area contributed by atoms with Crippen molar-refractivity contribution in [1.29, 1.82) is 0 Å². The normalized spacial score (nSPS) is 10.1. The molecule has 2 aromatic rings. The Hall–Kier alpha value is -3.13. The van der Waals surface area contributed by atoms with E-state index in [-0.39, 0.29) is 47.8 Å². The second-order valence-corrected chi connectivity index (χ2v) is 5.93. The second kappa shape index (κ2) is 10.3. The molecule has 150 valence electrons. The van der Waals surface area contributed by atoms with Gasteiger partial charge in [0.05, 0.1) is 25.8 Å². The standard InChI is InChI=1S/C19H21ClN2O6/c1-25-13-3-5-14(6-4-13)27-8-7-22-19(24)12-9-15(20)18(16(10-12)26-2)28-11-17(21)23/h3-6,9-10H,7-8,11H2,1-2H3,(H2,21,23)(H,22,24). The molecule has 0 aliphatic rings. The Morgan fingerprint density at radius 1 is 1.04 bits per heavy atom. The van der Waals surface area contributed by atoms with Gasteiger partial charge in [-0.15, -0.1) is 0 Å². The van der Waals surface area contributed by atoms with Crippen LogP contribution in [0.25, 0.3) is 0 Å². The molecule has 3 N–H and O–H groups in total.